The zero-order valence-electron chi connectivity index (χ0n) is 16.1. The predicted molar refractivity (Wildman–Crippen MR) is 114 cm³/mol. The molecule has 4 N–H and O–H groups in total. The van der Waals surface area contributed by atoms with Gasteiger partial charge in [-0.25, -0.2) is 19.9 Å². The molecule has 0 unspecified atom stereocenters. The number of nitrogens with zero attached hydrogens (tertiary/aromatic N) is 4. The van der Waals surface area contributed by atoms with Crippen LogP contribution < -0.4 is 11.1 Å². The van der Waals surface area contributed by atoms with Crippen molar-refractivity contribution < 1.29 is 5.11 Å². The summed E-state index contributed by atoms with van der Waals surface area (Å²) in [6.45, 7) is 2.65. The van der Waals surface area contributed by atoms with E-state index in [4.69, 9.17) is 10.7 Å². The number of para-hydroxylation sites is 1. The van der Waals surface area contributed by atoms with E-state index in [-0.39, 0.29) is 11.8 Å². The van der Waals surface area contributed by atoms with Gasteiger partial charge < -0.3 is 16.2 Å². The minimum absolute atomic E-state index is 0.0296. The van der Waals surface area contributed by atoms with Gasteiger partial charge in [-0.15, -0.1) is 0 Å². The van der Waals surface area contributed by atoms with Gasteiger partial charge >= 0.3 is 0 Å². The first-order valence-corrected chi connectivity index (χ1v) is 9.50. The van der Waals surface area contributed by atoms with Crippen molar-refractivity contribution in [1.82, 2.24) is 19.9 Å². The molecule has 146 valence electrons. The van der Waals surface area contributed by atoms with Crippen LogP contribution in [0, 0.1) is 0 Å². The smallest absolute Gasteiger partial charge is 0.165 e. The molecule has 2 heterocycles. The Balaban J connectivity index is 1.81. The molecule has 0 bridgehead atoms. The maximum Gasteiger partial charge on any atom is 0.165 e. The Morgan fingerprint density at radius 1 is 1.03 bits per heavy atom. The van der Waals surface area contributed by atoms with Crippen molar-refractivity contribution in [1.29, 1.82) is 0 Å². The van der Waals surface area contributed by atoms with Gasteiger partial charge in [-0.05, 0) is 36.2 Å². The third-order valence-corrected chi connectivity index (χ3v) is 4.79. The van der Waals surface area contributed by atoms with Crippen molar-refractivity contribution in [3.05, 3.63) is 61.2 Å². The second kappa shape index (κ2) is 8.20. The zero-order chi connectivity index (χ0) is 20.2. The topological polar surface area (TPSA) is 110 Å². The van der Waals surface area contributed by atoms with E-state index in [0.717, 1.165) is 28.5 Å². The number of rotatable bonds is 6. The number of anilines is 1. The van der Waals surface area contributed by atoms with E-state index in [1.54, 1.807) is 18.5 Å². The molecular formula is C22H22N6O. The van der Waals surface area contributed by atoms with Gasteiger partial charge in [0.1, 0.15) is 17.9 Å². The van der Waals surface area contributed by atoms with Crippen LogP contribution in [0.4, 0.5) is 5.82 Å². The van der Waals surface area contributed by atoms with Crippen molar-refractivity contribution in [2.24, 2.45) is 5.73 Å². The molecule has 0 aliphatic heterocycles. The van der Waals surface area contributed by atoms with Crippen LogP contribution in [0.3, 0.4) is 0 Å². The molecule has 0 aliphatic rings. The first-order chi connectivity index (χ1) is 14.2. The Labute approximate surface area is 168 Å². The lowest BCUT2D eigenvalue weighted by Crippen LogP contribution is -2.28. The summed E-state index contributed by atoms with van der Waals surface area (Å²) >= 11 is 0. The van der Waals surface area contributed by atoms with Crippen LogP contribution in [0.15, 0.2) is 61.2 Å². The van der Waals surface area contributed by atoms with Gasteiger partial charge in [0.05, 0.1) is 11.1 Å². The summed E-state index contributed by atoms with van der Waals surface area (Å²) in [5.41, 5.74) is 9.12. The second-order valence-electron chi connectivity index (χ2n) is 6.82. The maximum absolute atomic E-state index is 10.5. The van der Waals surface area contributed by atoms with E-state index in [9.17, 15) is 5.11 Å². The number of phenolic OH excluding ortho intramolecular Hbond substituents is 1. The Bertz CT molecular complexity index is 1130. The molecule has 2 aromatic heterocycles. The normalized spacial score (nSPS) is 12.1. The molecule has 4 aromatic rings. The minimum atomic E-state index is 0.0296. The number of phenols is 1. The van der Waals surface area contributed by atoms with Crippen molar-refractivity contribution in [2.45, 2.75) is 19.4 Å². The van der Waals surface area contributed by atoms with Crippen molar-refractivity contribution in [3.63, 3.8) is 0 Å². The summed E-state index contributed by atoms with van der Waals surface area (Å²) < 4.78 is 0. The number of nitrogens with two attached hydrogens (primary N) is 1. The molecule has 7 heteroatoms. The number of aromatic hydroxyl groups is 1. The largest absolute Gasteiger partial charge is 0.507 e. The quantitative estimate of drug-likeness (QED) is 0.464. The van der Waals surface area contributed by atoms with Crippen LogP contribution in [-0.2, 0) is 0 Å². The molecule has 0 saturated heterocycles. The maximum atomic E-state index is 10.5. The highest BCUT2D eigenvalue weighted by Gasteiger charge is 2.14. The van der Waals surface area contributed by atoms with Gasteiger partial charge in [-0.3, -0.25) is 0 Å². The van der Waals surface area contributed by atoms with Crippen molar-refractivity contribution in [3.8, 4) is 28.3 Å². The highest BCUT2D eigenvalue weighted by molar-refractivity contribution is 5.91. The Hall–Kier alpha value is -3.58. The molecule has 1 atom stereocenters. The molecule has 2 aromatic carbocycles. The minimum Gasteiger partial charge on any atom is -0.507 e. The summed E-state index contributed by atoms with van der Waals surface area (Å²) in [7, 11) is 0. The lowest BCUT2D eigenvalue weighted by molar-refractivity contribution is 0.477. The summed E-state index contributed by atoms with van der Waals surface area (Å²) in [4.78, 5) is 17.5. The lowest BCUT2D eigenvalue weighted by atomic mass is 10.0. The van der Waals surface area contributed by atoms with Crippen LogP contribution in [0.25, 0.3) is 33.4 Å². The van der Waals surface area contributed by atoms with E-state index in [0.29, 0.717) is 23.8 Å². The SMILES string of the molecule is CC[C@@H](N)CNc1nc(-c2cc(-c3cncnc3)ccc2O)nc2ccccc12. The Morgan fingerprint density at radius 2 is 1.83 bits per heavy atom. The average Bonchev–Trinajstić information content (AvgIpc) is 2.78. The van der Waals surface area contributed by atoms with Crippen LogP contribution >= 0.6 is 0 Å². The molecule has 0 fully saturated rings. The van der Waals surface area contributed by atoms with Crippen LogP contribution in [0.5, 0.6) is 5.75 Å². The summed E-state index contributed by atoms with van der Waals surface area (Å²) in [6.07, 6.45) is 5.80. The summed E-state index contributed by atoms with van der Waals surface area (Å²) in [6, 6.07) is 13.1. The van der Waals surface area contributed by atoms with E-state index < -0.39 is 0 Å². The molecule has 29 heavy (non-hydrogen) atoms. The molecule has 0 aliphatic carbocycles. The van der Waals surface area contributed by atoms with Gasteiger partial charge in [0.15, 0.2) is 5.82 Å². The third-order valence-electron chi connectivity index (χ3n) is 4.79. The number of fused-ring (bicyclic) bond motifs is 1. The Kier molecular flexibility index (Phi) is 5.31. The molecule has 0 radical (unpaired) electrons. The van der Waals surface area contributed by atoms with Crippen molar-refractivity contribution in [2.75, 3.05) is 11.9 Å². The number of nitrogens with one attached hydrogen (secondary N) is 1. The van der Waals surface area contributed by atoms with Crippen LogP contribution in [-0.4, -0.2) is 37.6 Å². The van der Waals surface area contributed by atoms with Crippen LogP contribution in [0.1, 0.15) is 13.3 Å². The van der Waals surface area contributed by atoms with Gasteiger partial charge in [0.25, 0.3) is 0 Å². The van der Waals surface area contributed by atoms with Gasteiger partial charge in [-0.2, -0.15) is 0 Å². The number of benzene rings is 2. The monoisotopic (exact) mass is 386 g/mol. The fourth-order valence-corrected chi connectivity index (χ4v) is 3.05. The predicted octanol–water partition coefficient (Wildman–Crippen LogP) is 3.61. The van der Waals surface area contributed by atoms with E-state index in [1.807, 2.05) is 43.3 Å². The van der Waals surface area contributed by atoms with Gasteiger partial charge in [0.2, 0.25) is 0 Å². The lowest BCUT2D eigenvalue weighted by Gasteiger charge is -2.14. The molecule has 0 spiro atoms. The average molecular weight is 386 g/mol. The highest BCUT2D eigenvalue weighted by Crippen LogP contribution is 2.33. The van der Waals surface area contributed by atoms with E-state index in [2.05, 4.69) is 20.3 Å². The Morgan fingerprint density at radius 3 is 2.62 bits per heavy atom. The molecule has 4 rings (SSSR count). The standard InChI is InChI=1S/C22H22N6O/c1-2-16(23)12-26-21-17-5-3-4-6-19(17)27-22(28-21)18-9-14(7-8-20(18)29)15-10-24-13-25-11-15/h3-11,13,16,29H,2,12,23H2,1H3,(H,26,27,28)/t16-/m1/s1. The van der Waals surface area contributed by atoms with E-state index in [1.165, 1.54) is 6.33 Å². The molecule has 0 saturated carbocycles. The number of hydrogen-bond donors (Lipinski definition) is 3. The van der Waals surface area contributed by atoms with Gasteiger partial charge in [0, 0.05) is 35.9 Å². The molecular weight excluding hydrogens is 364 g/mol. The van der Waals surface area contributed by atoms with Gasteiger partial charge in [-0.1, -0.05) is 25.1 Å². The molecule has 0 amide bonds. The summed E-state index contributed by atoms with van der Waals surface area (Å²) in [5.74, 6) is 1.24. The first-order valence-electron chi connectivity index (χ1n) is 9.50. The highest BCUT2D eigenvalue weighted by atomic mass is 16.3. The first kappa shape index (κ1) is 18.8. The third kappa shape index (κ3) is 4.00. The number of aromatic nitrogens is 4. The number of hydrogen-bond acceptors (Lipinski definition) is 7. The fourth-order valence-electron chi connectivity index (χ4n) is 3.05. The molecule has 7 nitrogen and oxygen atoms in total. The van der Waals surface area contributed by atoms with Crippen LogP contribution in [0.2, 0.25) is 0 Å². The zero-order valence-corrected chi connectivity index (χ0v) is 16.1. The van der Waals surface area contributed by atoms with Crippen molar-refractivity contribution >= 4 is 16.7 Å². The second-order valence-corrected chi connectivity index (χ2v) is 6.82. The fraction of sp³-hybridized carbons (Fsp3) is 0.182. The van der Waals surface area contributed by atoms with E-state index >= 15 is 0 Å². The summed E-state index contributed by atoms with van der Waals surface area (Å²) in [5, 5.41) is 14.7.